The molecule has 2 heterocycles. The maximum Gasteiger partial charge on any atom is 0.141 e. The van der Waals surface area contributed by atoms with Gasteiger partial charge in [0.25, 0.3) is 0 Å². The molecule has 0 amide bonds. The standard InChI is InChI=1S/C36H32N2/c1-35(2)30-14-8-7-13-28(30)29-22-31-26(21-32(29)35)23-37-33-15-9-10-16-34(33)38(36(31,37)3)27-19-17-25(18-20-27)24-11-5-4-6-12-24/h4-11,13-22,24H,12,23H2,1-3H3. The molecule has 2 unspecified atom stereocenters. The van der Waals surface area contributed by atoms with Crippen molar-refractivity contribution in [1.82, 2.24) is 0 Å². The zero-order valence-corrected chi connectivity index (χ0v) is 22.3. The fraction of sp³-hybridized carbons (Fsp3) is 0.222. The second-order valence-electron chi connectivity index (χ2n) is 11.9. The van der Waals surface area contributed by atoms with Crippen molar-refractivity contribution in [3.05, 3.63) is 137 Å². The van der Waals surface area contributed by atoms with E-state index in [9.17, 15) is 0 Å². The van der Waals surface area contributed by atoms with Crippen molar-refractivity contribution >= 4 is 17.1 Å². The van der Waals surface area contributed by atoms with Gasteiger partial charge in [0.1, 0.15) is 5.66 Å². The van der Waals surface area contributed by atoms with Gasteiger partial charge in [0, 0.05) is 29.1 Å². The topological polar surface area (TPSA) is 6.48 Å². The summed E-state index contributed by atoms with van der Waals surface area (Å²) in [6.07, 6.45) is 9.97. The monoisotopic (exact) mass is 492 g/mol. The molecule has 2 atom stereocenters. The molecule has 38 heavy (non-hydrogen) atoms. The Bertz CT molecular complexity index is 1670. The molecule has 4 aliphatic rings. The summed E-state index contributed by atoms with van der Waals surface area (Å²) in [5, 5.41) is 0. The molecular formula is C36H32N2. The van der Waals surface area contributed by atoms with Gasteiger partial charge in [-0.3, -0.25) is 0 Å². The molecule has 0 radical (unpaired) electrons. The van der Waals surface area contributed by atoms with E-state index in [4.69, 9.17) is 0 Å². The van der Waals surface area contributed by atoms with E-state index < -0.39 is 0 Å². The zero-order valence-electron chi connectivity index (χ0n) is 22.3. The minimum absolute atomic E-state index is 0.0189. The highest BCUT2D eigenvalue weighted by Crippen LogP contribution is 2.60. The lowest BCUT2D eigenvalue weighted by Gasteiger charge is -2.40. The van der Waals surface area contributed by atoms with Crippen molar-refractivity contribution in [3.63, 3.8) is 0 Å². The smallest absolute Gasteiger partial charge is 0.141 e. The van der Waals surface area contributed by atoms with E-state index in [-0.39, 0.29) is 11.1 Å². The van der Waals surface area contributed by atoms with E-state index in [1.807, 2.05) is 0 Å². The number of allylic oxidation sites excluding steroid dienone is 4. The minimum Gasteiger partial charge on any atom is -0.339 e. The molecule has 0 spiro atoms. The van der Waals surface area contributed by atoms with Crippen LogP contribution in [-0.2, 0) is 17.6 Å². The van der Waals surface area contributed by atoms with E-state index in [2.05, 4.69) is 140 Å². The number of fused-ring (bicyclic) bond motifs is 8. The van der Waals surface area contributed by atoms with Gasteiger partial charge in [-0.15, -0.1) is 0 Å². The molecule has 0 N–H and O–H groups in total. The maximum absolute atomic E-state index is 2.61. The largest absolute Gasteiger partial charge is 0.339 e. The Morgan fingerprint density at radius 1 is 0.711 bits per heavy atom. The third-order valence-electron chi connectivity index (χ3n) is 9.58. The van der Waals surface area contributed by atoms with Gasteiger partial charge in [0.15, 0.2) is 0 Å². The lowest BCUT2D eigenvalue weighted by atomic mass is 9.81. The molecule has 0 fully saturated rings. The Kier molecular flexibility index (Phi) is 4.35. The number of nitrogens with zero attached hydrogens (tertiary/aromatic N) is 2. The molecule has 2 aliphatic carbocycles. The Morgan fingerprint density at radius 2 is 1.47 bits per heavy atom. The van der Waals surface area contributed by atoms with Crippen LogP contribution in [0.2, 0.25) is 0 Å². The van der Waals surface area contributed by atoms with Gasteiger partial charge < -0.3 is 9.80 Å². The van der Waals surface area contributed by atoms with Crippen molar-refractivity contribution in [2.24, 2.45) is 0 Å². The van der Waals surface area contributed by atoms with Crippen LogP contribution >= 0.6 is 0 Å². The Morgan fingerprint density at radius 3 is 2.26 bits per heavy atom. The van der Waals surface area contributed by atoms with Gasteiger partial charge in [0.05, 0.1) is 11.4 Å². The quantitative estimate of drug-likeness (QED) is 0.276. The summed E-state index contributed by atoms with van der Waals surface area (Å²) in [6, 6.07) is 32.3. The van der Waals surface area contributed by atoms with Crippen molar-refractivity contribution in [2.75, 3.05) is 9.80 Å². The molecular weight excluding hydrogens is 460 g/mol. The third kappa shape index (κ3) is 2.73. The summed E-state index contributed by atoms with van der Waals surface area (Å²) in [5.74, 6) is 0.463. The first-order chi connectivity index (χ1) is 18.5. The van der Waals surface area contributed by atoms with Crippen molar-refractivity contribution in [1.29, 1.82) is 0 Å². The molecule has 2 aliphatic heterocycles. The third-order valence-corrected chi connectivity index (χ3v) is 9.58. The fourth-order valence-corrected chi connectivity index (χ4v) is 7.60. The lowest BCUT2D eigenvalue weighted by Crippen LogP contribution is -2.46. The summed E-state index contributed by atoms with van der Waals surface area (Å²) in [7, 11) is 0. The first kappa shape index (κ1) is 22.0. The van der Waals surface area contributed by atoms with E-state index >= 15 is 0 Å². The van der Waals surface area contributed by atoms with E-state index in [1.54, 1.807) is 0 Å². The van der Waals surface area contributed by atoms with Crippen LogP contribution in [0, 0.1) is 0 Å². The summed E-state index contributed by atoms with van der Waals surface area (Å²) < 4.78 is 0. The molecule has 0 aromatic heterocycles. The Balaban J connectivity index is 1.29. The number of para-hydroxylation sites is 2. The highest BCUT2D eigenvalue weighted by Gasteiger charge is 2.53. The van der Waals surface area contributed by atoms with Crippen LogP contribution in [0.25, 0.3) is 11.1 Å². The average molecular weight is 493 g/mol. The summed E-state index contributed by atoms with van der Waals surface area (Å²) >= 11 is 0. The Labute approximate surface area is 225 Å². The van der Waals surface area contributed by atoms with Crippen molar-refractivity contribution in [3.8, 4) is 11.1 Å². The molecule has 0 saturated heterocycles. The van der Waals surface area contributed by atoms with Gasteiger partial charge in [-0.2, -0.15) is 0 Å². The number of hydrogen-bond acceptors (Lipinski definition) is 2. The van der Waals surface area contributed by atoms with Crippen molar-refractivity contribution in [2.45, 2.75) is 50.7 Å². The highest BCUT2D eigenvalue weighted by molar-refractivity contribution is 5.90. The molecule has 186 valence electrons. The van der Waals surface area contributed by atoms with E-state index in [0.29, 0.717) is 5.92 Å². The molecule has 2 heteroatoms. The fourth-order valence-electron chi connectivity index (χ4n) is 7.60. The zero-order chi connectivity index (χ0) is 25.6. The summed E-state index contributed by atoms with van der Waals surface area (Å²) in [4.78, 5) is 5.19. The second-order valence-corrected chi connectivity index (χ2v) is 11.9. The van der Waals surface area contributed by atoms with Gasteiger partial charge in [-0.25, -0.2) is 0 Å². The highest BCUT2D eigenvalue weighted by atomic mass is 15.5. The average Bonchev–Trinajstić information content (AvgIpc) is 3.47. The predicted molar refractivity (Wildman–Crippen MR) is 158 cm³/mol. The molecule has 2 nitrogen and oxygen atoms in total. The first-order valence-electron chi connectivity index (χ1n) is 13.9. The number of anilines is 3. The van der Waals surface area contributed by atoms with Gasteiger partial charge in [0.2, 0.25) is 0 Å². The minimum atomic E-state index is -0.287. The first-order valence-corrected chi connectivity index (χ1v) is 13.9. The van der Waals surface area contributed by atoms with E-state index in [0.717, 1.165) is 13.0 Å². The summed E-state index contributed by atoms with van der Waals surface area (Å²) in [6.45, 7) is 8.10. The SMILES string of the molecule is CC1(C)c2ccccc2-c2cc3c(cc21)CN1c2ccccc2N(c2ccc(C4C=CC=CC4)cc2)C31C. The van der Waals surface area contributed by atoms with Crippen LogP contribution in [0.1, 0.15) is 60.9 Å². The lowest BCUT2D eigenvalue weighted by molar-refractivity contribution is 0.504. The van der Waals surface area contributed by atoms with Crippen LogP contribution < -0.4 is 9.80 Å². The molecule has 0 bridgehead atoms. The van der Waals surface area contributed by atoms with Crippen LogP contribution in [0.4, 0.5) is 17.1 Å². The van der Waals surface area contributed by atoms with Gasteiger partial charge in [-0.1, -0.05) is 92.7 Å². The summed E-state index contributed by atoms with van der Waals surface area (Å²) in [5.41, 5.74) is 13.5. The second kappa shape index (κ2) is 7.51. The molecule has 0 saturated carbocycles. The normalized spacial score (nSPS) is 23.2. The maximum atomic E-state index is 2.61. The van der Waals surface area contributed by atoms with Crippen LogP contribution in [0.3, 0.4) is 0 Å². The van der Waals surface area contributed by atoms with Gasteiger partial charge in [-0.05, 0) is 77.1 Å². The van der Waals surface area contributed by atoms with E-state index in [1.165, 1.54) is 56.0 Å². The Hall–Kier alpha value is -4.04. The van der Waals surface area contributed by atoms with Crippen molar-refractivity contribution < 1.29 is 0 Å². The molecule has 4 aromatic rings. The number of rotatable bonds is 2. The van der Waals surface area contributed by atoms with Crippen LogP contribution in [0.15, 0.2) is 109 Å². The van der Waals surface area contributed by atoms with Crippen LogP contribution in [-0.4, -0.2) is 0 Å². The number of benzene rings is 4. The molecule has 8 rings (SSSR count). The number of hydrogen-bond donors (Lipinski definition) is 0. The van der Waals surface area contributed by atoms with Gasteiger partial charge >= 0.3 is 0 Å². The predicted octanol–water partition coefficient (Wildman–Crippen LogP) is 8.94. The molecule has 4 aromatic carbocycles. The van der Waals surface area contributed by atoms with Crippen LogP contribution in [0.5, 0.6) is 0 Å².